The van der Waals surface area contributed by atoms with Gasteiger partial charge in [-0.1, -0.05) is 6.07 Å². The highest BCUT2D eigenvalue weighted by Gasteiger charge is 2.27. The normalized spacial score (nSPS) is 21.8. The molecule has 0 amide bonds. The van der Waals surface area contributed by atoms with Gasteiger partial charge in [0.1, 0.15) is 29.7 Å². The molecule has 0 radical (unpaired) electrons. The van der Waals surface area contributed by atoms with E-state index in [1.54, 1.807) is 0 Å². The molecule has 0 bridgehead atoms. The molecule has 192 valence electrons. The van der Waals surface area contributed by atoms with Crippen LogP contribution in [0.2, 0.25) is 0 Å². The van der Waals surface area contributed by atoms with E-state index in [0.29, 0.717) is 24.4 Å². The number of phenols is 1. The number of halogens is 2. The summed E-state index contributed by atoms with van der Waals surface area (Å²) in [6.45, 7) is 7.38. The number of benzene rings is 1. The van der Waals surface area contributed by atoms with Crippen LogP contribution in [0.25, 0.3) is 22.3 Å². The van der Waals surface area contributed by atoms with Gasteiger partial charge in [-0.05, 0) is 39.2 Å². The summed E-state index contributed by atoms with van der Waals surface area (Å²) in [7, 11) is 4.14. The van der Waals surface area contributed by atoms with Crippen molar-refractivity contribution in [1.82, 2.24) is 30.1 Å². The van der Waals surface area contributed by atoms with Crippen molar-refractivity contribution in [3.8, 4) is 23.0 Å². The number of hydrogen-bond donors (Lipinski definition) is 2. The second-order valence-electron chi connectivity index (χ2n) is 9.61. The van der Waals surface area contributed by atoms with Crippen LogP contribution in [0.5, 0.6) is 11.8 Å². The van der Waals surface area contributed by atoms with Crippen LogP contribution in [0, 0.1) is 11.6 Å². The number of pyridine rings is 1. The Kier molecular flexibility index (Phi) is 6.87. The summed E-state index contributed by atoms with van der Waals surface area (Å²) in [5, 5.41) is 14.0. The van der Waals surface area contributed by atoms with Gasteiger partial charge in [0, 0.05) is 45.3 Å². The molecule has 0 aliphatic carbocycles. The third-order valence-corrected chi connectivity index (χ3v) is 6.99. The molecule has 3 aromatic rings. The van der Waals surface area contributed by atoms with E-state index in [-0.39, 0.29) is 35.0 Å². The van der Waals surface area contributed by atoms with Crippen LogP contribution in [-0.4, -0.2) is 102 Å². The SMILES string of the molecule is CC1CNCCN1c1nc(OCC2CN(C)CCN2C)nc2nc(-c3c(O)cccc3F)c(F)cc12. The van der Waals surface area contributed by atoms with Crippen LogP contribution < -0.4 is 15.0 Å². The molecule has 2 aromatic heterocycles. The number of piperazine rings is 2. The van der Waals surface area contributed by atoms with Gasteiger partial charge < -0.3 is 25.0 Å². The van der Waals surface area contributed by atoms with E-state index in [1.807, 2.05) is 0 Å². The first-order valence-electron chi connectivity index (χ1n) is 12.2. The van der Waals surface area contributed by atoms with Crippen molar-refractivity contribution in [2.45, 2.75) is 19.0 Å². The van der Waals surface area contributed by atoms with Crippen molar-refractivity contribution in [1.29, 1.82) is 0 Å². The number of phenolic OH excluding ortho intramolecular Hbond substituents is 1. The summed E-state index contributed by atoms with van der Waals surface area (Å²) in [4.78, 5) is 20.1. The number of likely N-dealkylation sites (N-methyl/N-ethyl adjacent to an activating group) is 2. The largest absolute Gasteiger partial charge is 0.507 e. The van der Waals surface area contributed by atoms with Crippen LogP contribution in [-0.2, 0) is 0 Å². The number of nitrogens with one attached hydrogen (secondary N) is 1. The maximum absolute atomic E-state index is 15.3. The smallest absolute Gasteiger partial charge is 0.320 e. The molecule has 2 fully saturated rings. The van der Waals surface area contributed by atoms with Gasteiger partial charge in [0.2, 0.25) is 0 Å². The average Bonchev–Trinajstić information content (AvgIpc) is 2.85. The van der Waals surface area contributed by atoms with Gasteiger partial charge in [-0.2, -0.15) is 9.97 Å². The number of ether oxygens (including phenoxy) is 1. The molecule has 2 saturated heterocycles. The molecule has 0 saturated carbocycles. The highest BCUT2D eigenvalue weighted by atomic mass is 19.1. The third-order valence-electron chi connectivity index (χ3n) is 6.99. The van der Waals surface area contributed by atoms with E-state index in [2.05, 4.69) is 56.0 Å². The first-order valence-corrected chi connectivity index (χ1v) is 12.2. The predicted molar refractivity (Wildman–Crippen MR) is 133 cm³/mol. The summed E-state index contributed by atoms with van der Waals surface area (Å²) in [5.74, 6) is -1.41. The summed E-state index contributed by atoms with van der Waals surface area (Å²) in [5.41, 5.74) is -0.438. The number of aromatic nitrogens is 3. The molecule has 5 rings (SSSR count). The van der Waals surface area contributed by atoms with E-state index < -0.39 is 17.4 Å². The second kappa shape index (κ2) is 10.1. The fourth-order valence-electron chi connectivity index (χ4n) is 4.81. The lowest BCUT2D eigenvalue weighted by Gasteiger charge is -2.37. The van der Waals surface area contributed by atoms with Crippen molar-refractivity contribution >= 4 is 16.9 Å². The van der Waals surface area contributed by atoms with Crippen molar-refractivity contribution in [2.24, 2.45) is 0 Å². The maximum atomic E-state index is 15.3. The Hall–Kier alpha value is -3.15. The van der Waals surface area contributed by atoms with Gasteiger partial charge in [0.25, 0.3) is 0 Å². The summed E-state index contributed by atoms with van der Waals surface area (Å²) in [6, 6.07) is 5.46. The van der Waals surface area contributed by atoms with Gasteiger partial charge in [-0.25, -0.2) is 13.8 Å². The standard InChI is InChI=1S/C25H31F2N7O2/c1-15-12-28-7-8-34(15)24-17-11-19(27)22(21-18(26)5-4-6-20(21)35)29-23(17)30-25(31-24)36-14-16-13-32(2)9-10-33(16)3/h4-6,11,15-16,28,35H,7-10,12-14H2,1-3H3. The van der Waals surface area contributed by atoms with Gasteiger partial charge in [-0.15, -0.1) is 0 Å². The van der Waals surface area contributed by atoms with E-state index >= 15 is 4.39 Å². The fourth-order valence-corrected chi connectivity index (χ4v) is 4.81. The zero-order chi connectivity index (χ0) is 25.4. The maximum Gasteiger partial charge on any atom is 0.320 e. The Morgan fingerprint density at radius 1 is 1.11 bits per heavy atom. The molecule has 2 atom stereocenters. The van der Waals surface area contributed by atoms with Gasteiger partial charge in [0.15, 0.2) is 11.5 Å². The molecule has 36 heavy (non-hydrogen) atoms. The van der Waals surface area contributed by atoms with Gasteiger partial charge in [-0.3, -0.25) is 4.90 Å². The Morgan fingerprint density at radius 2 is 1.94 bits per heavy atom. The van der Waals surface area contributed by atoms with Crippen molar-refractivity contribution in [3.05, 3.63) is 35.9 Å². The third kappa shape index (κ3) is 4.78. The van der Waals surface area contributed by atoms with Crippen LogP contribution in [0.1, 0.15) is 6.92 Å². The minimum atomic E-state index is -0.772. The van der Waals surface area contributed by atoms with E-state index in [9.17, 15) is 9.50 Å². The molecule has 4 heterocycles. The average molecular weight is 500 g/mol. The lowest BCUT2D eigenvalue weighted by atomic mass is 10.1. The number of nitrogens with zero attached hydrogens (tertiary/aromatic N) is 6. The second-order valence-corrected chi connectivity index (χ2v) is 9.61. The Morgan fingerprint density at radius 3 is 2.72 bits per heavy atom. The van der Waals surface area contributed by atoms with Crippen molar-refractivity contribution in [2.75, 3.05) is 64.9 Å². The molecule has 9 nitrogen and oxygen atoms in total. The van der Waals surface area contributed by atoms with Gasteiger partial charge >= 0.3 is 6.01 Å². The lowest BCUT2D eigenvalue weighted by Crippen LogP contribution is -2.52. The Bertz CT molecular complexity index is 1240. The molecular weight excluding hydrogens is 468 g/mol. The number of hydrogen-bond acceptors (Lipinski definition) is 9. The molecular formula is C25H31F2N7O2. The Balaban J connectivity index is 1.58. The lowest BCUT2D eigenvalue weighted by molar-refractivity contribution is 0.0752. The van der Waals surface area contributed by atoms with Crippen LogP contribution >= 0.6 is 0 Å². The number of aromatic hydroxyl groups is 1. The summed E-state index contributed by atoms with van der Waals surface area (Å²) in [6.07, 6.45) is 0. The van der Waals surface area contributed by atoms with Crippen LogP contribution in [0.4, 0.5) is 14.6 Å². The molecule has 2 aliphatic heterocycles. The van der Waals surface area contributed by atoms with E-state index in [1.165, 1.54) is 18.2 Å². The predicted octanol–water partition coefficient (Wildman–Crippen LogP) is 2.10. The molecule has 2 N–H and O–H groups in total. The number of rotatable bonds is 5. The topological polar surface area (TPSA) is 89.9 Å². The number of anilines is 1. The molecule has 11 heteroatoms. The first kappa shape index (κ1) is 24.5. The minimum Gasteiger partial charge on any atom is -0.507 e. The zero-order valence-corrected chi connectivity index (χ0v) is 20.7. The van der Waals surface area contributed by atoms with Crippen molar-refractivity contribution in [3.63, 3.8) is 0 Å². The molecule has 2 unspecified atom stereocenters. The summed E-state index contributed by atoms with van der Waals surface area (Å²) >= 11 is 0. The summed E-state index contributed by atoms with van der Waals surface area (Å²) < 4.78 is 35.9. The van der Waals surface area contributed by atoms with E-state index in [0.717, 1.165) is 38.8 Å². The van der Waals surface area contributed by atoms with Crippen molar-refractivity contribution < 1.29 is 18.6 Å². The highest BCUT2D eigenvalue weighted by Crippen LogP contribution is 2.35. The fraction of sp³-hybridized carbons (Fsp3) is 0.480. The zero-order valence-electron chi connectivity index (χ0n) is 20.7. The van der Waals surface area contributed by atoms with Crippen LogP contribution in [0.15, 0.2) is 24.3 Å². The number of fused-ring (bicyclic) bond motifs is 1. The van der Waals surface area contributed by atoms with Gasteiger partial charge in [0.05, 0.1) is 17.0 Å². The van der Waals surface area contributed by atoms with E-state index in [4.69, 9.17) is 4.74 Å². The highest BCUT2D eigenvalue weighted by molar-refractivity contribution is 5.90. The quantitative estimate of drug-likeness (QED) is 0.548. The monoisotopic (exact) mass is 499 g/mol. The van der Waals surface area contributed by atoms with Crippen LogP contribution in [0.3, 0.4) is 0 Å². The molecule has 1 aromatic carbocycles. The minimum absolute atomic E-state index is 0.0983. The Labute approximate surface area is 208 Å². The first-order chi connectivity index (χ1) is 17.3. The molecule has 0 spiro atoms. The molecule has 2 aliphatic rings.